The van der Waals surface area contributed by atoms with Gasteiger partial charge in [-0.3, -0.25) is 9.69 Å². The highest BCUT2D eigenvalue weighted by atomic mass is 19.4. The van der Waals surface area contributed by atoms with E-state index in [9.17, 15) is 18.0 Å². The number of allylic oxidation sites excluding steroid dienone is 2. The molecule has 7 heteroatoms. The molecule has 0 radical (unpaired) electrons. The maximum absolute atomic E-state index is 13.0. The molecule has 2 bridgehead atoms. The Morgan fingerprint density at radius 2 is 1.82 bits per heavy atom. The summed E-state index contributed by atoms with van der Waals surface area (Å²) in [5, 5.41) is 0. The second-order valence-electron chi connectivity index (χ2n) is 8.00. The first kappa shape index (κ1) is 19.3. The molecule has 2 fully saturated rings. The van der Waals surface area contributed by atoms with Crippen LogP contribution in [0.3, 0.4) is 0 Å². The van der Waals surface area contributed by atoms with Gasteiger partial charge in [0.15, 0.2) is 6.61 Å². The molecule has 0 spiro atoms. The number of hydrogen-bond donors (Lipinski definition) is 0. The van der Waals surface area contributed by atoms with Crippen LogP contribution >= 0.6 is 0 Å². The number of rotatable bonds is 5. The predicted molar refractivity (Wildman–Crippen MR) is 98.8 cm³/mol. The van der Waals surface area contributed by atoms with Gasteiger partial charge >= 0.3 is 6.18 Å². The number of hydrogen-bond acceptors (Lipinski definition) is 3. The van der Waals surface area contributed by atoms with Gasteiger partial charge in [0.2, 0.25) is 0 Å². The summed E-state index contributed by atoms with van der Waals surface area (Å²) in [5.74, 6) is 1.63. The standard InChI is InChI=1S/C21H25F3N2O2/c22-21(23,24)18-3-1-2-4-19(18)28-14-20(27)26-9-7-25(8-10-26)13-17-12-15-5-6-16(17)11-15/h1-6,15-17H,7-14H2. The van der Waals surface area contributed by atoms with Crippen molar-refractivity contribution in [3.05, 3.63) is 42.0 Å². The van der Waals surface area contributed by atoms with Gasteiger partial charge in [0, 0.05) is 32.7 Å². The van der Waals surface area contributed by atoms with E-state index in [1.807, 2.05) is 0 Å². The van der Waals surface area contributed by atoms with E-state index in [1.54, 1.807) is 4.90 Å². The van der Waals surface area contributed by atoms with Crippen LogP contribution in [0.2, 0.25) is 0 Å². The normalized spacial score (nSPS) is 27.4. The van der Waals surface area contributed by atoms with E-state index in [1.165, 1.54) is 31.0 Å². The third-order valence-electron chi connectivity index (χ3n) is 6.18. The van der Waals surface area contributed by atoms with Gasteiger partial charge in [0.25, 0.3) is 5.91 Å². The molecule has 0 aromatic heterocycles. The molecule has 3 aliphatic rings. The van der Waals surface area contributed by atoms with Crippen molar-refractivity contribution in [2.45, 2.75) is 19.0 Å². The summed E-state index contributed by atoms with van der Waals surface area (Å²) in [6.07, 6.45) is 2.76. The first-order chi connectivity index (χ1) is 13.4. The Morgan fingerprint density at radius 1 is 1.07 bits per heavy atom. The van der Waals surface area contributed by atoms with Crippen molar-refractivity contribution < 1.29 is 22.7 Å². The Hall–Kier alpha value is -2.02. The number of carbonyl (C=O) groups is 1. The number of alkyl halides is 3. The predicted octanol–water partition coefficient (Wildman–Crippen LogP) is 3.44. The van der Waals surface area contributed by atoms with Crippen molar-refractivity contribution in [1.29, 1.82) is 0 Å². The zero-order chi connectivity index (χ0) is 19.7. The first-order valence-electron chi connectivity index (χ1n) is 9.87. The Bertz CT molecular complexity index is 741. The van der Waals surface area contributed by atoms with Gasteiger partial charge in [-0.05, 0) is 42.7 Å². The van der Waals surface area contributed by atoms with Crippen LogP contribution in [0.5, 0.6) is 5.75 Å². The molecule has 28 heavy (non-hydrogen) atoms. The third-order valence-corrected chi connectivity index (χ3v) is 6.18. The number of halogens is 3. The van der Waals surface area contributed by atoms with Crippen LogP contribution in [0.1, 0.15) is 18.4 Å². The van der Waals surface area contributed by atoms with Crippen LogP contribution in [0.15, 0.2) is 36.4 Å². The summed E-state index contributed by atoms with van der Waals surface area (Å²) in [6.45, 7) is 3.51. The fourth-order valence-corrected chi connectivity index (χ4v) is 4.67. The van der Waals surface area contributed by atoms with Crippen LogP contribution in [0, 0.1) is 17.8 Å². The highest BCUT2D eigenvalue weighted by Gasteiger charge is 2.37. The number of nitrogens with zero attached hydrogens (tertiary/aromatic N) is 2. The molecule has 4 nitrogen and oxygen atoms in total. The zero-order valence-electron chi connectivity index (χ0n) is 15.7. The van der Waals surface area contributed by atoms with Crippen molar-refractivity contribution in [2.24, 2.45) is 17.8 Å². The molecule has 3 atom stereocenters. The topological polar surface area (TPSA) is 32.8 Å². The van der Waals surface area contributed by atoms with Crippen LogP contribution in [0.25, 0.3) is 0 Å². The van der Waals surface area contributed by atoms with Crippen LogP contribution in [-0.2, 0) is 11.0 Å². The van der Waals surface area contributed by atoms with Gasteiger partial charge in [-0.25, -0.2) is 0 Å². The number of benzene rings is 1. The molecular formula is C21H25F3N2O2. The van der Waals surface area contributed by atoms with Crippen LogP contribution < -0.4 is 4.74 Å². The minimum absolute atomic E-state index is 0.264. The highest BCUT2D eigenvalue weighted by Crippen LogP contribution is 2.43. The molecule has 1 saturated carbocycles. The van der Waals surface area contributed by atoms with Gasteiger partial charge in [0.1, 0.15) is 5.75 Å². The molecule has 1 amide bonds. The maximum atomic E-state index is 13.0. The Morgan fingerprint density at radius 3 is 2.46 bits per heavy atom. The van der Waals surface area contributed by atoms with E-state index in [0.29, 0.717) is 19.0 Å². The largest absolute Gasteiger partial charge is 0.483 e. The Labute approximate surface area is 162 Å². The van der Waals surface area contributed by atoms with E-state index >= 15 is 0 Å². The number of piperazine rings is 1. The zero-order valence-corrected chi connectivity index (χ0v) is 15.7. The van der Waals surface area contributed by atoms with Crippen LogP contribution in [-0.4, -0.2) is 55.0 Å². The molecule has 1 aliphatic heterocycles. The lowest BCUT2D eigenvalue weighted by Gasteiger charge is -2.36. The quantitative estimate of drug-likeness (QED) is 0.718. The summed E-state index contributed by atoms with van der Waals surface area (Å²) in [5.41, 5.74) is -0.854. The summed E-state index contributed by atoms with van der Waals surface area (Å²) >= 11 is 0. The number of fused-ring (bicyclic) bond motifs is 2. The van der Waals surface area contributed by atoms with Gasteiger partial charge in [-0.15, -0.1) is 0 Å². The third kappa shape index (κ3) is 4.19. The number of para-hydroxylation sites is 1. The maximum Gasteiger partial charge on any atom is 0.419 e. The highest BCUT2D eigenvalue weighted by molar-refractivity contribution is 5.78. The number of ether oxygens (including phenoxy) is 1. The van der Waals surface area contributed by atoms with Gasteiger partial charge in [0.05, 0.1) is 5.56 Å². The van der Waals surface area contributed by atoms with Crippen molar-refractivity contribution >= 4 is 5.91 Å². The number of amides is 1. The monoisotopic (exact) mass is 394 g/mol. The summed E-state index contributed by atoms with van der Waals surface area (Å²) in [6, 6.07) is 4.99. The fourth-order valence-electron chi connectivity index (χ4n) is 4.67. The summed E-state index contributed by atoms with van der Waals surface area (Å²) in [7, 11) is 0. The Kier molecular flexibility index (Phi) is 5.36. The molecule has 1 aromatic rings. The molecule has 2 aliphatic carbocycles. The minimum Gasteiger partial charge on any atom is -0.483 e. The van der Waals surface area contributed by atoms with Crippen molar-refractivity contribution in [3.8, 4) is 5.75 Å². The molecule has 1 heterocycles. The molecule has 0 N–H and O–H groups in total. The van der Waals surface area contributed by atoms with Crippen LogP contribution in [0.4, 0.5) is 13.2 Å². The second-order valence-corrected chi connectivity index (χ2v) is 8.00. The van der Waals surface area contributed by atoms with Gasteiger partial charge in [-0.1, -0.05) is 24.3 Å². The van der Waals surface area contributed by atoms with Gasteiger partial charge in [-0.2, -0.15) is 13.2 Å². The number of carbonyl (C=O) groups excluding carboxylic acids is 1. The lowest BCUT2D eigenvalue weighted by Crippen LogP contribution is -2.51. The lowest BCUT2D eigenvalue weighted by atomic mass is 9.93. The molecule has 3 unspecified atom stereocenters. The van der Waals surface area contributed by atoms with Crippen molar-refractivity contribution in [2.75, 3.05) is 39.3 Å². The molecule has 1 aromatic carbocycles. The van der Waals surface area contributed by atoms with E-state index in [4.69, 9.17) is 4.74 Å². The summed E-state index contributed by atoms with van der Waals surface area (Å²) in [4.78, 5) is 16.5. The van der Waals surface area contributed by atoms with E-state index in [-0.39, 0.29) is 18.3 Å². The first-order valence-corrected chi connectivity index (χ1v) is 9.87. The van der Waals surface area contributed by atoms with Crippen molar-refractivity contribution in [3.63, 3.8) is 0 Å². The van der Waals surface area contributed by atoms with E-state index in [2.05, 4.69) is 17.1 Å². The average Bonchev–Trinajstić information content (AvgIpc) is 3.29. The SMILES string of the molecule is O=C(COc1ccccc1C(F)(F)F)N1CCN(CC2CC3C=CC2C3)CC1. The van der Waals surface area contributed by atoms with Crippen molar-refractivity contribution in [1.82, 2.24) is 9.80 Å². The second kappa shape index (κ2) is 7.78. The smallest absolute Gasteiger partial charge is 0.419 e. The fraction of sp³-hybridized carbons (Fsp3) is 0.571. The molecule has 152 valence electrons. The molecular weight excluding hydrogens is 369 g/mol. The average molecular weight is 394 g/mol. The Balaban J connectivity index is 1.24. The minimum atomic E-state index is -4.50. The molecule has 4 rings (SSSR count). The molecule has 1 saturated heterocycles. The van der Waals surface area contributed by atoms with E-state index in [0.717, 1.165) is 37.5 Å². The van der Waals surface area contributed by atoms with Gasteiger partial charge < -0.3 is 9.64 Å². The summed E-state index contributed by atoms with van der Waals surface area (Å²) < 4.78 is 44.2. The lowest BCUT2D eigenvalue weighted by molar-refractivity contribution is -0.141. The van der Waals surface area contributed by atoms with E-state index < -0.39 is 11.7 Å².